The number of likely N-dealkylation sites (tertiary alicyclic amines) is 1. The minimum atomic E-state index is -0.486. The number of imidazole rings is 1. The first kappa shape index (κ1) is 13.9. The highest BCUT2D eigenvalue weighted by atomic mass is 16.6. The third-order valence-electron chi connectivity index (χ3n) is 3.47. The quantitative estimate of drug-likeness (QED) is 0.875. The monoisotopic (exact) mass is 288 g/mol. The van der Waals surface area contributed by atoms with Crippen LogP contribution in [0.3, 0.4) is 0 Å². The number of hydrogen-bond acceptors (Lipinski definition) is 4. The van der Waals surface area contributed by atoms with Crippen LogP contribution in [0.4, 0.5) is 4.79 Å². The number of ether oxygens (including phenoxy) is 1. The molecule has 0 bridgehead atoms. The van der Waals surface area contributed by atoms with Crippen molar-refractivity contribution < 1.29 is 9.53 Å². The Bertz CT molecular complexity index is 626. The Morgan fingerprint density at radius 1 is 1.48 bits per heavy atom. The second kappa shape index (κ2) is 5.02. The molecule has 1 fully saturated rings. The highest BCUT2D eigenvalue weighted by Gasteiger charge is 2.34. The van der Waals surface area contributed by atoms with Crippen LogP contribution in [0.25, 0.3) is 11.2 Å². The zero-order chi connectivity index (χ0) is 15.0. The molecular weight excluding hydrogens is 268 g/mol. The molecular formula is C15H20N4O2. The summed E-state index contributed by atoms with van der Waals surface area (Å²) < 4.78 is 5.48. The van der Waals surface area contributed by atoms with Gasteiger partial charge in [0, 0.05) is 12.7 Å². The first-order valence-electron chi connectivity index (χ1n) is 7.24. The number of fused-ring (bicyclic) bond motifs is 1. The minimum Gasteiger partial charge on any atom is -0.444 e. The lowest BCUT2D eigenvalue weighted by molar-refractivity contribution is 0.0219. The zero-order valence-corrected chi connectivity index (χ0v) is 12.6. The van der Waals surface area contributed by atoms with Crippen LogP contribution in [0.1, 0.15) is 45.5 Å². The number of rotatable bonds is 1. The van der Waals surface area contributed by atoms with Crippen LogP contribution in [0.15, 0.2) is 18.3 Å². The van der Waals surface area contributed by atoms with Gasteiger partial charge in [0.05, 0.1) is 11.6 Å². The number of hydrogen-bond donors (Lipinski definition) is 1. The average Bonchev–Trinajstić information content (AvgIpc) is 3.02. The number of aromatic nitrogens is 3. The van der Waals surface area contributed by atoms with Gasteiger partial charge in [0.15, 0.2) is 5.65 Å². The summed E-state index contributed by atoms with van der Waals surface area (Å²) in [4.78, 5) is 26.1. The molecule has 6 nitrogen and oxygen atoms in total. The van der Waals surface area contributed by atoms with Crippen LogP contribution >= 0.6 is 0 Å². The Hall–Kier alpha value is -2.11. The molecule has 0 unspecified atom stereocenters. The molecule has 1 N–H and O–H groups in total. The van der Waals surface area contributed by atoms with Gasteiger partial charge in [0.1, 0.15) is 11.4 Å². The van der Waals surface area contributed by atoms with E-state index in [1.54, 1.807) is 11.1 Å². The molecule has 3 heterocycles. The van der Waals surface area contributed by atoms with Crippen LogP contribution in [0.2, 0.25) is 0 Å². The second-order valence-electron chi connectivity index (χ2n) is 6.33. The van der Waals surface area contributed by atoms with Crippen LogP contribution in [0.5, 0.6) is 0 Å². The lowest BCUT2D eigenvalue weighted by atomic mass is 10.2. The van der Waals surface area contributed by atoms with Gasteiger partial charge >= 0.3 is 6.09 Å². The Labute approximate surface area is 123 Å². The molecule has 1 aliphatic rings. The largest absolute Gasteiger partial charge is 0.444 e. The number of carbonyl (C=O) groups is 1. The molecule has 0 spiro atoms. The molecule has 0 aromatic carbocycles. The Morgan fingerprint density at radius 3 is 3.00 bits per heavy atom. The third kappa shape index (κ3) is 2.84. The van der Waals surface area contributed by atoms with Crippen molar-refractivity contribution in [2.75, 3.05) is 6.54 Å². The van der Waals surface area contributed by atoms with Gasteiger partial charge in [-0.3, -0.25) is 4.90 Å². The highest BCUT2D eigenvalue weighted by molar-refractivity contribution is 5.71. The van der Waals surface area contributed by atoms with E-state index >= 15 is 0 Å². The number of nitrogens with zero attached hydrogens (tertiary/aromatic N) is 3. The molecule has 1 saturated heterocycles. The first-order valence-corrected chi connectivity index (χ1v) is 7.24. The van der Waals surface area contributed by atoms with E-state index in [2.05, 4.69) is 15.0 Å². The lowest BCUT2D eigenvalue weighted by Crippen LogP contribution is -2.36. The van der Waals surface area contributed by atoms with Gasteiger partial charge < -0.3 is 9.72 Å². The fourth-order valence-corrected chi connectivity index (χ4v) is 2.61. The summed E-state index contributed by atoms with van der Waals surface area (Å²) in [5.74, 6) is 0.784. The summed E-state index contributed by atoms with van der Waals surface area (Å²) in [5, 5.41) is 0. The van der Waals surface area contributed by atoms with E-state index in [0.29, 0.717) is 12.2 Å². The van der Waals surface area contributed by atoms with Crippen LogP contribution < -0.4 is 0 Å². The fourth-order valence-electron chi connectivity index (χ4n) is 2.61. The van der Waals surface area contributed by atoms with Gasteiger partial charge in [-0.25, -0.2) is 14.8 Å². The molecule has 6 heteroatoms. The van der Waals surface area contributed by atoms with Crippen molar-refractivity contribution in [2.24, 2.45) is 0 Å². The number of pyridine rings is 1. The van der Waals surface area contributed by atoms with Gasteiger partial charge in [0.25, 0.3) is 0 Å². The summed E-state index contributed by atoms with van der Waals surface area (Å²) in [6.07, 6.45) is 3.28. The van der Waals surface area contributed by atoms with E-state index < -0.39 is 5.60 Å². The van der Waals surface area contributed by atoms with Gasteiger partial charge in [-0.05, 0) is 45.7 Å². The number of amides is 1. The molecule has 0 aliphatic carbocycles. The van der Waals surface area contributed by atoms with Gasteiger partial charge in [0.2, 0.25) is 0 Å². The molecule has 3 rings (SSSR count). The zero-order valence-electron chi connectivity index (χ0n) is 12.6. The van der Waals surface area contributed by atoms with Gasteiger partial charge in [-0.2, -0.15) is 0 Å². The Morgan fingerprint density at radius 2 is 2.29 bits per heavy atom. The van der Waals surface area contributed by atoms with E-state index in [0.717, 1.165) is 24.2 Å². The van der Waals surface area contributed by atoms with Crippen molar-refractivity contribution in [1.29, 1.82) is 0 Å². The molecule has 1 atom stereocenters. The summed E-state index contributed by atoms with van der Waals surface area (Å²) in [6.45, 7) is 6.33. The number of nitrogens with one attached hydrogen (secondary N) is 1. The van der Waals surface area contributed by atoms with E-state index in [1.165, 1.54) is 0 Å². The van der Waals surface area contributed by atoms with E-state index in [1.807, 2.05) is 32.9 Å². The molecule has 0 saturated carbocycles. The van der Waals surface area contributed by atoms with Crippen molar-refractivity contribution in [1.82, 2.24) is 19.9 Å². The van der Waals surface area contributed by atoms with Crippen molar-refractivity contribution >= 4 is 17.3 Å². The lowest BCUT2D eigenvalue weighted by Gasteiger charge is -2.27. The third-order valence-corrected chi connectivity index (χ3v) is 3.47. The second-order valence-corrected chi connectivity index (χ2v) is 6.33. The number of aromatic amines is 1. The molecule has 1 aliphatic heterocycles. The van der Waals surface area contributed by atoms with Crippen molar-refractivity contribution in [3.8, 4) is 0 Å². The maximum Gasteiger partial charge on any atom is 0.410 e. The van der Waals surface area contributed by atoms with Gasteiger partial charge in [-0.1, -0.05) is 0 Å². The van der Waals surface area contributed by atoms with Crippen molar-refractivity contribution in [2.45, 2.75) is 45.3 Å². The SMILES string of the molecule is CC(C)(C)OC(=O)N1CCC[C@H]1c1nc2ncccc2[nH]1. The summed E-state index contributed by atoms with van der Waals surface area (Å²) in [7, 11) is 0. The smallest absolute Gasteiger partial charge is 0.410 e. The molecule has 112 valence electrons. The minimum absolute atomic E-state index is 0.0611. The highest BCUT2D eigenvalue weighted by Crippen LogP contribution is 2.32. The molecule has 21 heavy (non-hydrogen) atoms. The predicted octanol–water partition coefficient (Wildman–Crippen LogP) is 3.03. The van der Waals surface area contributed by atoms with Crippen LogP contribution in [-0.4, -0.2) is 38.1 Å². The van der Waals surface area contributed by atoms with E-state index in [9.17, 15) is 4.79 Å². The summed E-state index contributed by atoms with van der Waals surface area (Å²) in [6, 6.07) is 3.74. The molecule has 0 radical (unpaired) electrons. The first-order chi connectivity index (χ1) is 9.94. The standard InChI is InChI=1S/C15H20N4O2/c1-15(2,3)21-14(20)19-9-5-7-11(19)13-17-10-6-4-8-16-12(10)18-13/h4,6,8,11H,5,7,9H2,1-3H3,(H,16,17,18)/t11-/m0/s1. The normalized spacial score (nSPS) is 19.2. The molecule has 2 aromatic heterocycles. The number of carbonyl (C=O) groups excluding carboxylic acids is 1. The predicted molar refractivity (Wildman–Crippen MR) is 78.8 cm³/mol. The van der Waals surface area contributed by atoms with Crippen molar-refractivity contribution in [3.05, 3.63) is 24.2 Å². The van der Waals surface area contributed by atoms with Crippen molar-refractivity contribution in [3.63, 3.8) is 0 Å². The van der Waals surface area contributed by atoms with Crippen LogP contribution in [0, 0.1) is 0 Å². The maximum atomic E-state index is 12.3. The van der Waals surface area contributed by atoms with Crippen LogP contribution in [-0.2, 0) is 4.74 Å². The van der Waals surface area contributed by atoms with E-state index in [-0.39, 0.29) is 12.1 Å². The topological polar surface area (TPSA) is 71.1 Å². The van der Waals surface area contributed by atoms with E-state index in [4.69, 9.17) is 4.74 Å². The molecule has 2 aromatic rings. The Balaban J connectivity index is 1.85. The maximum absolute atomic E-state index is 12.3. The Kier molecular flexibility index (Phi) is 3.31. The fraction of sp³-hybridized carbons (Fsp3) is 0.533. The van der Waals surface area contributed by atoms with Gasteiger partial charge in [-0.15, -0.1) is 0 Å². The average molecular weight is 288 g/mol. The summed E-state index contributed by atoms with van der Waals surface area (Å²) >= 11 is 0. The molecule has 1 amide bonds. The summed E-state index contributed by atoms with van der Waals surface area (Å²) in [5.41, 5.74) is 1.09. The number of H-pyrrole nitrogens is 1.